The first-order chi connectivity index (χ1) is 14.6. The van der Waals surface area contributed by atoms with Crippen molar-refractivity contribution in [3.63, 3.8) is 0 Å². The maximum atomic E-state index is 12.7. The summed E-state index contributed by atoms with van der Waals surface area (Å²) < 4.78 is 34.1. The molecule has 3 rings (SSSR count). The zero-order valence-corrected chi connectivity index (χ0v) is 19.0. The number of rotatable bonds is 4. The Morgan fingerprint density at radius 1 is 1.16 bits per heavy atom. The fourth-order valence-corrected chi connectivity index (χ4v) is 5.27. The Balaban J connectivity index is 1.64. The third-order valence-electron chi connectivity index (χ3n) is 5.49. The highest BCUT2D eigenvalue weighted by Crippen LogP contribution is 2.34. The molecule has 9 nitrogen and oxygen atoms in total. The molecule has 1 aromatic rings. The molecule has 0 spiro atoms. The zero-order valence-electron chi connectivity index (χ0n) is 18.1. The van der Waals surface area contributed by atoms with Crippen LogP contribution in [0.3, 0.4) is 0 Å². The van der Waals surface area contributed by atoms with Gasteiger partial charge >= 0.3 is 12.0 Å². The number of nitrogens with zero attached hydrogens (tertiary/aromatic N) is 2. The second kappa shape index (κ2) is 9.09. The Morgan fingerprint density at radius 3 is 2.35 bits per heavy atom. The van der Waals surface area contributed by atoms with Gasteiger partial charge in [-0.15, -0.1) is 4.40 Å². The summed E-state index contributed by atoms with van der Waals surface area (Å²) in [5, 5.41) is 5.39. The van der Waals surface area contributed by atoms with Crippen LogP contribution in [0, 0.1) is 6.92 Å². The molecule has 0 unspecified atom stereocenters. The van der Waals surface area contributed by atoms with Crippen LogP contribution in [0.25, 0.3) is 4.91 Å². The van der Waals surface area contributed by atoms with Crippen molar-refractivity contribution in [2.45, 2.75) is 45.7 Å². The quantitative estimate of drug-likeness (QED) is 0.679. The lowest BCUT2D eigenvalue weighted by atomic mass is 10.0. The molecule has 1 fully saturated rings. The average molecular weight is 449 g/mol. The first kappa shape index (κ1) is 22.8. The highest BCUT2D eigenvalue weighted by Gasteiger charge is 2.35. The van der Waals surface area contributed by atoms with Crippen molar-refractivity contribution < 1.29 is 22.7 Å². The molecule has 0 bridgehead atoms. The molecule has 2 aliphatic heterocycles. The van der Waals surface area contributed by atoms with E-state index in [1.165, 1.54) is 7.11 Å². The van der Waals surface area contributed by atoms with Crippen molar-refractivity contribution in [1.82, 2.24) is 15.5 Å². The number of hydrogen-bond acceptors (Lipinski definition) is 6. The second-order valence-corrected chi connectivity index (χ2v) is 9.38. The molecule has 2 N–H and O–H groups in total. The first-order valence-electron chi connectivity index (χ1n) is 10.2. The number of likely N-dealkylation sites (tertiary alicyclic amines) is 1. The Hall–Kier alpha value is -2.88. The lowest BCUT2D eigenvalue weighted by molar-refractivity contribution is -0.142. The molecule has 0 aliphatic carbocycles. The van der Waals surface area contributed by atoms with Gasteiger partial charge in [0.05, 0.1) is 7.11 Å². The highest BCUT2D eigenvalue weighted by molar-refractivity contribution is 8.00. The van der Waals surface area contributed by atoms with E-state index in [9.17, 15) is 18.0 Å². The molecule has 2 aliphatic rings. The maximum Gasteiger partial charge on any atom is 0.328 e. The van der Waals surface area contributed by atoms with Crippen molar-refractivity contribution in [3.8, 4) is 0 Å². The molecule has 0 aromatic heterocycles. The lowest BCUT2D eigenvalue weighted by Gasteiger charge is -2.34. The molecule has 2 amide bonds. The van der Waals surface area contributed by atoms with Crippen LogP contribution < -0.4 is 10.6 Å². The standard InChI is InChI=1S/C21H28N4O5S/c1-13-5-7-16(8-6-13)18-14(2)19(24-31(18,28)29)25-11-9-17(10-12-25)23-21(27)22-15(3)20(26)30-4/h5-8,15,17H,9-12H2,1-4H3,(H2,22,23,27)/t15-/m1/s1. The predicted molar refractivity (Wildman–Crippen MR) is 118 cm³/mol. The SMILES string of the molecule is COC(=O)[C@@H](C)NC(=O)NC1CCN(C2=NS(=O)(=O)C(c3ccc(C)cc3)=C2C)CC1. The molecule has 1 saturated heterocycles. The number of methoxy groups -OCH3 is 1. The average Bonchev–Trinajstić information content (AvgIpc) is 2.97. The summed E-state index contributed by atoms with van der Waals surface area (Å²) in [6.45, 7) is 6.40. The molecule has 0 radical (unpaired) electrons. The van der Waals surface area contributed by atoms with Crippen LogP contribution in [-0.2, 0) is 19.6 Å². The molecule has 10 heteroatoms. The number of carbonyl (C=O) groups is 2. The van der Waals surface area contributed by atoms with Gasteiger partial charge in [0.25, 0.3) is 10.0 Å². The first-order valence-corrected chi connectivity index (χ1v) is 11.6. The Kier molecular flexibility index (Phi) is 6.68. The van der Waals surface area contributed by atoms with Crippen molar-refractivity contribution in [2.75, 3.05) is 20.2 Å². The minimum absolute atomic E-state index is 0.0828. The number of ether oxygens (including phenoxy) is 1. The van der Waals surface area contributed by atoms with E-state index in [1.54, 1.807) is 26.0 Å². The number of sulfonamides is 1. The molecule has 1 aromatic carbocycles. The molecule has 2 heterocycles. The van der Waals surface area contributed by atoms with Gasteiger partial charge in [0.15, 0.2) is 0 Å². The number of hydrogen-bond donors (Lipinski definition) is 2. The largest absolute Gasteiger partial charge is 0.467 e. The Bertz CT molecular complexity index is 1020. The molecule has 31 heavy (non-hydrogen) atoms. The number of carbonyl (C=O) groups excluding carboxylic acids is 2. The van der Waals surface area contributed by atoms with Gasteiger partial charge in [0.1, 0.15) is 16.8 Å². The lowest BCUT2D eigenvalue weighted by Crippen LogP contribution is -2.51. The maximum absolute atomic E-state index is 12.7. The monoisotopic (exact) mass is 448 g/mol. The van der Waals surface area contributed by atoms with Crippen LogP contribution in [0.1, 0.15) is 37.8 Å². The fraction of sp³-hybridized carbons (Fsp3) is 0.476. The van der Waals surface area contributed by atoms with Crippen molar-refractivity contribution in [2.24, 2.45) is 4.40 Å². The van der Waals surface area contributed by atoms with Gasteiger partial charge in [-0.2, -0.15) is 8.42 Å². The Morgan fingerprint density at radius 2 is 1.77 bits per heavy atom. The van der Waals surface area contributed by atoms with E-state index in [4.69, 9.17) is 0 Å². The van der Waals surface area contributed by atoms with E-state index in [1.807, 2.05) is 24.0 Å². The van der Waals surface area contributed by atoms with Crippen LogP contribution in [-0.4, -0.2) is 63.4 Å². The van der Waals surface area contributed by atoms with Gasteiger partial charge < -0.3 is 20.3 Å². The molecular weight excluding hydrogens is 420 g/mol. The number of amidine groups is 1. The van der Waals surface area contributed by atoms with Crippen LogP contribution in [0.4, 0.5) is 4.79 Å². The van der Waals surface area contributed by atoms with E-state index in [0.29, 0.717) is 42.9 Å². The van der Waals surface area contributed by atoms with Crippen LogP contribution in [0.15, 0.2) is 34.2 Å². The number of esters is 1. The van der Waals surface area contributed by atoms with E-state index in [-0.39, 0.29) is 10.9 Å². The van der Waals surface area contributed by atoms with Gasteiger partial charge in [-0.05, 0) is 39.2 Å². The molecule has 168 valence electrons. The summed E-state index contributed by atoms with van der Waals surface area (Å²) in [5.41, 5.74) is 2.33. The van der Waals surface area contributed by atoms with Crippen LogP contribution in [0.2, 0.25) is 0 Å². The topological polar surface area (TPSA) is 117 Å². The van der Waals surface area contributed by atoms with Gasteiger partial charge in [0.2, 0.25) is 0 Å². The van der Waals surface area contributed by atoms with Gasteiger partial charge in [0, 0.05) is 24.7 Å². The number of piperidine rings is 1. The van der Waals surface area contributed by atoms with Gasteiger partial charge in [-0.3, -0.25) is 0 Å². The van der Waals surface area contributed by atoms with Crippen molar-refractivity contribution >= 4 is 32.8 Å². The number of benzene rings is 1. The number of amides is 2. The van der Waals surface area contributed by atoms with Crippen molar-refractivity contribution in [3.05, 3.63) is 41.0 Å². The zero-order chi connectivity index (χ0) is 22.8. The highest BCUT2D eigenvalue weighted by atomic mass is 32.2. The predicted octanol–water partition coefficient (Wildman–Crippen LogP) is 1.79. The normalized spacial score (nSPS) is 19.6. The van der Waals surface area contributed by atoms with E-state index >= 15 is 0 Å². The molecular formula is C21H28N4O5S. The van der Waals surface area contributed by atoms with Gasteiger partial charge in [-0.25, -0.2) is 9.59 Å². The summed E-state index contributed by atoms with van der Waals surface area (Å²) in [7, 11) is -2.49. The molecule has 0 saturated carbocycles. The Labute approximate surface area is 182 Å². The summed E-state index contributed by atoms with van der Waals surface area (Å²) in [6.07, 6.45) is 1.26. The number of urea groups is 1. The third-order valence-corrected chi connectivity index (χ3v) is 6.96. The van der Waals surface area contributed by atoms with Crippen LogP contribution >= 0.6 is 0 Å². The summed E-state index contributed by atoms with van der Waals surface area (Å²) in [6, 6.07) is 6.10. The van der Waals surface area contributed by atoms with E-state index in [2.05, 4.69) is 19.8 Å². The third kappa shape index (κ3) is 5.07. The number of nitrogens with one attached hydrogen (secondary N) is 2. The fourth-order valence-electron chi connectivity index (χ4n) is 3.78. The second-order valence-electron chi connectivity index (χ2n) is 7.83. The molecule has 1 atom stereocenters. The minimum atomic E-state index is -3.76. The number of aryl methyl sites for hydroxylation is 1. The smallest absolute Gasteiger partial charge is 0.328 e. The minimum Gasteiger partial charge on any atom is -0.467 e. The van der Waals surface area contributed by atoms with E-state index < -0.39 is 28.1 Å². The summed E-state index contributed by atoms with van der Waals surface area (Å²) in [4.78, 5) is 25.7. The van der Waals surface area contributed by atoms with Gasteiger partial charge in [-0.1, -0.05) is 29.8 Å². The van der Waals surface area contributed by atoms with E-state index in [0.717, 1.165) is 5.56 Å². The van der Waals surface area contributed by atoms with Crippen LogP contribution in [0.5, 0.6) is 0 Å². The van der Waals surface area contributed by atoms with Crippen molar-refractivity contribution in [1.29, 1.82) is 0 Å². The summed E-state index contributed by atoms with van der Waals surface area (Å²) in [5.74, 6) is -0.0464. The summed E-state index contributed by atoms with van der Waals surface area (Å²) >= 11 is 0.